The number of hydrogen-bond acceptors (Lipinski definition) is 3. The van der Waals surface area contributed by atoms with Crippen LogP contribution >= 0.6 is 11.6 Å². The number of pyridine rings is 1. The van der Waals surface area contributed by atoms with Crippen LogP contribution in [0.2, 0.25) is 5.02 Å². The van der Waals surface area contributed by atoms with Crippen LogP contribution in [0.3, 0.4) is 0 Å². The molecule has 0 radical (unpaired) electrons. The lowest BCUT2D eigenvalue weighted by Gasteiger charge is -2.34. The van der Waals surface area contributed by atoms with E-state index < -0.39 is 0 Å². The Kier molecular flexibility index (Phi) is 4.08. The maximum Gasteiger partial charge on any atom is 0.237 e. The Morgan fingerprint density at radius 1 is 1.38 bits per heavy atom. The molecule has 1 fully saturated rings. The smallest absolute Gasteiger partial charge is 0.237 e. The number of nitrogens with one attached hydrogen (secondary N) is 1. The molecule has 5 heteroatoms. The Bertz CT molecular complexity index is 674. The maximum atomic E-state index is 11.9. The van der Waals surface area contributed by atoms with Gasteiger partial charge < -0.3 is 5.32 Å². The number of hydrogen-bond donors (Lipinski definition) is 1. The van der Waals surface area contributed by atoms with Crippen LogP contribution in [0.15, 0.2) is 30.3 Å². The van der Waals surface area contributed by atoms with Crippen LogP contribution < -0.4 is 5.32 Å². The van der Waals surface area contributed by atoms with E-state index in [0.29, 0.717) is 18.1 Å². The lowest BCUT2D eigenvalue weighted by molar-refractivity contribution is -0.129. The number of rotatable bonds is 3. The predicted octanol–water partition coefficient (Wildman–Crippen LogP) is 2.60. The van der Waals surface area contributed by atoms with Gasteiger partial charge in [-0.3, -0.25) is 9.69 Å². The summed E-state index contributed by atoms with van der Waals surface area (Å²) in [7, 11) is 0. The minimum Gasteiger partial charge on any atom is -0.353 e. The van der Waals surface area contributed by atoms with Crippen molar-refractivity contribution in [2.75, 3.05) is 13.1 Å². The summed E-state index contributed by atoms with van der Waals surface area (Å²) < 4.78 is 0. The number of amides is 1. The fourth-order valence-electron chi connectivity index (χ4n) is 2.84. The average molecular weight is 304 g/mol. The third-order valence-electron chi connectivity index (χ3n) is 3.92. The van der Waals surface area contributed by atoms with Gasteiger partial charge in [0.25, 0.3) is 0 Å². The molecule has 1 aliphatic heterocycles. The molecule has 0 bridgehead atoms. The van der Waals surface area contributed by atoms with Gasteiger partial charge in [0.15, 0.2) is 0 Å². The minimum absolute atomic E-state index is 0.0671. The molecule has 0 unspecified atom stereocenters. The summed E-state index contributed by atoms with van der Waals surface area (Å²) in [6.45, 7) is 4.26. The van der Waals surface area contributed by atoms with E-state index >= 15 is 0 Å². The quantitative estimate of drug-likeness (QED) is 0.948. The first-order chi connectivity index (χ1) is 10.2. The fourth-order valence-corrected chi connectivity index (χ4v) is 3.07. The van der Waals surface area contributed by atoms with Crippen molar-refractivity contribution in [1.29, 1.82) is 0 Å². The summed E-state index contributed by atoms with van der Waals surface area (Å²) in [4.78, 5) is 18.7. The van der Waals surface area contributed by atoms with Crippen LogP contribution in [0.5, 0.6) is 0 Å². The lowest BCUT2D eigenvalue weighted by atomic mass is 10.1. The molecule has 1 aliphatic rings. The molecule has 1 atom stereocenters. The molecule has 1 amide bonds. The van der Waals surface area contributed by atoms with Gasteiger partial charge in [-0.1, -0.05) is 36.7 Å². The Hall–Kier alpha value is -1.65. The molecule has 0 saturated carbocycles. The highest BCUT2D eigenvalue weighted by molar-refractivity contribution is 6.35. The van der Waals surface area contributed by atoms with Crippen LogP contribution in [0.4, 0.5) is 0 Å². The Morgan fingerprint density at radius 3 is 3.05 bits per heavy atom. The summed E-state index contributed by atoms with van der Waals surface area (Å²) in [5.41, 5.74) is 1.77. The molecule has 1 aromatic carbocycles. The van der Waals surface area contributed by atoms with Crippen LogP contribution in [0.25, 0.3) is 10.9 Å². The van der Waals surface area contributed by atoms with Gasteiger partial charge in [-0.15, -0.1) is 0 Å². The summed E-state index contributed by atoms with van der Waals surface area (Å²) in [5, 5.41) is 4.62. The van der Waals surface area contributed by atoms with Crippen LogP contribution in [0, 0.1) is 0 Å². The number of aromatic nitrogens is 1. The van der Waals surface area contributed by atoms with Gasteiger partial charge in [-0.2, -0.15) is 0 Å². The van der Waals surface area contributed by atoms with E-state index in [-0.39, 0.29) is 11.9 Å². The molecular formula is C16H18ClN3O. The molecule has 0 spiro atoms. The van der Waals surface area contributed by atoms with Crippen molar-refractivity contribution in [1.82, 2.24) is 15.2 Å². The molecule has 0 aliphatic carbocycles. The molecule has 110 valence electrons. The lowest BCUT2D eigenvalue weighted by Crippen LogP contribution is -2.54. The second-order valence-corrected chi connectivity index (χ2v) is 5.71. The third kappa shape index (κ3) is 2.87. The molecule has 4 nitrogen and oxygen atoms in total. The van der Waals surface area contributed by atoms with Crippen molar-refractivity contribution < 1.29 is 4.79 Å². The second kappa shape index (κ2) is 6.00. The second-order valence-electron chi connectivity index (χ2n) is 5.30. The van der Waals surface area contributed by atoms with Crippen molar-refractivity contribution in [3.8, 4) is 0 Å². The van der Waals surface area contributed by atoms with Gasteiger partial charge in [0, 0.05) is 25.0 Å². The molecule has 21 heavy (non-hydrogen) atoms. The first kappa shape index (κ1) is 14.3. The Labute approximate surface area is 129 Å². The van der Waals surface area contributed by atoms with Crippen molar-refractivity contribution >= 4 is 28.4 Å². The van der Waals surface area contributed by atoms with Gasteiger partial charge in [-0.25, -0.2) is 4.98 Å². The number of piperazine rings is 1. The van der Waals surface area contributed by atoms with Gasteiger partial charge in [0.1, 0.15) is 0 Å². The van der Waals surface area contributed by atoms with Crippen molar-refractivity contribution in [3.05, 3.63) is 41.0 Å². The zero-order valence-corrected chi connectivity index (χ0v) is 12.7. The van der Waals surface area contributed by atoms with Gasteiger partial charge >= 0.3 is 0 Å². The molecule has 3 rings (SSSR count). The highest BCUT2D eigenvalue weighted by Gasteiger charge is 2.28. The highest BCUT2D eigenvalue weighted by atomic mass is 35.5. The van der Waals surface area contributed by atoms with Crippen LogP contribution in [-0.2, 0) is 11.3 Å². The fraction of sp³-hybridized carbons (Fsp3) is 0.375. The topological polar surface area (TPSA) is 45.2 Å². The number of benzene rings is 1. The van der Waals surface area contributed by atoms with Crippen LogP contribution in [0.1, 0.15) is 19.0 Å². The molecule has 1 N–H and O–H groups in total. The van der Waals surface area contributed by atoms with Crippen molar-refractivity contribution in [3.63, 3.8) is 0 Å². The van der Waals surface area contributed by atoms with E-state index in [2.05, 4.69) is 15.2 Å². The number of para-hydroxylation sites is 1. The summed E-state index contributed by atoms with van der Waals surface area (Å²) >= 11 is 6.21. The van der Waals surface area contributed by atoms with E-state index in [9.17, 15) is 4.79 Å². The number of nitrogens with zero attached hydrogens (tertiary/aromatic N) is 2. The van der Waals surface area contributed by atoms with Crippen molar-refractivity contribution in [2.45, 2.75) is 25.9 Å². The van der Waals surface area contributed by atoms with Gasteiger partial charge in [-0.05, 0) is 18.6 Å². The van der Waals surface area contributed by atoms with E-state index in [4.69, 9.17) is 11.6 Å². The monoisotopic (exact) mass is 303 g/mol. The van der Waals surface area contributed by atoms with Crippen molar-refractivity contribution in [2.24, 2.45) is 0 Å². The van der Waals surface area contributed by atoms with E-state index in [0.717, 1.165) is 29.6 Å². The molecular weight excluding hydrogens is 286 g/mol. The zero-order chi connectivity index (χ0) is 14.8. The van der Waals surface area contributed by atoms with Gasteiger partial charge in [0.05, 0.1) is 22.3 Å². The van der Waals surface area contributed by atoms with E-state index in [1.165, 1.54) is 0 Å². The first-order valence-corrected chi connectivity index (χ1v) is 7.62. The SMILES string of the molecule is CC[C@H]1C(=O)NCCN1Cc1ccc2cccc(Cl)c2n1. The molecule has 2 aromatic rings. The highest BCUT2D eigenvalue weighted by Crippen LogP contribution is 2.22. The number of carbonyl (C=O) groups excluding carboxylic acids is 1. The molecule has 2 heterocycles. The number of halogens is 1. The normalized spacial score (nSPS) is 19.7. The average Bonchev–Trinajstić information content (AvgIpc) is 2.48. The minimum atomic E-state index is -0.0671. The zero-order valence-electron chi connectivity index (χ0n) is 12.0. The summed E-state index contributed by atoms with van der Waals surface area (Å²) in [5.74, 6) is 0.113. The predicted molar refractivity (Wildman–Crippen MR) is 84.3 cm³/mol. The standard InChI is InChI=1S/C16H18ClN3O/c1-2-14-16(21)18-8-9-20(14)10-12-7-6-11-4-3-5-13(17)15(11)19-12/h3-7,14H,2,8-10H2,1H3,(H,18,21)/t14-/m0/s1. The Morgan fingerprint density at radius 2 is 2.24 bits per heavy atom. The third-order valence-corrected chi connectivity index (χ3v) is 4.23. The first-order valence-electron chi connectivity index (χ1n) is 7.25. The largest absolute Gasteiger partial charge is 0.353 e. The van der Waals surface area contributed by atoms with E-state index in [1.807, 2.05) is 37.3 Å². The molecule has 1 saturated heterocycles. The maximum absolute atomic E-state index is 11.9. The number of carbonyl (C=O) groups is 1. The Balaban J connectivity index is 1.87. The summed E-state index contributed by atoms with van der Waals surface area (Å²) in [6, 6.07) is 9.76. The van der Waals surface area contributed by atoms with Crippen LogP contribution in [-0.4, -0.2) is 34.9 Å². The number of fused-ring (bicyclic) bond motifs is 1. The summed E-state index contributed by atoms with van der Waals surface area (Å²) in [6.07, 6.45) is 0.806. The van der Waals surface area contributed by atoms with Gasteiger partial charge in [0.2, 0.25) is 5.91 Å². The van der Waals surface area contributed by atoms with E-state index in [1.54, 1.807) is 0 Å². The molecule has 1 aromatic heterocycles.